The van der Waals surface area contributed by atoms with E-state index in [1.54, 1.807) is 5.57 Å². The first-order valence-electron chi connectivity index (χ1n) is 5.57. The fourth-order valence-electron chi connectivity index (χ4n) is 2.23. The third-order valence-corrected chi connectivity index (χ3v) is 3.06. The highest BCUT2D eigenvalue weighted by Crippen LogP contribution is 2.30. The maximum atomic E-state index is 2.45. The Morgan fingerprint density at radius 3 is 2.79 bits per heavy atom. The highest BCUT2D eigenvalue weighted by atomic mass is 14.2. The summed E-state index contributed by atoms with van der Waals surface area (Å²) in [6.45, 7) is 2.24. The van der Waals surface area contributed by atoms with E-state index in [0.29, 0.717) is 5.92 Å². The topological polar surface area (TPSA) is 0 Å². The number of rotatable bonds is 1. The van der Waals surface area contributed by atoms with Crippen molar-refractivity contribution in [2.75, 3.05) is 0 Å². The Balaban J connectivity index is 2.09. The Bertz CT molecular complexity index is 313. The van der Waals surface area contributed by atoms with E-state index in [1.807, 2.05) is 0 Å². The first kappa shape index (κ1) is 9.51. The average molecular weight is 186 g/mol. The van der Waals surface area contributed by atoms with Crippen molar-refractivity contribution < 1.29 is 0 Å². The van der Waals surface area contributed by atoms with Crippen molar-refractivity contribution in [3.05, 3.63) is 47.6 Å². The lowest BCUT2D eigenvalue weighted by molar-refractivity contribution is 0.789. The quantitative estimate of drug-likeness (QED) is 0.539. The molecule has 0 N–H and O–H groups in total. The molecule has 2 rings (SSSR count). The predicted molar refractivity (Wildman–Crippen MR) is 62.1 cm³/mol. The normalized spacial score (nSPS) is 32.8. The van der Waals surface area contributed by atoms with Crippen LogP contribution in [0.3, 0.4) is 0 Å². The van der Waals surface area contributed by atoms with Crippen LogP contribution >= 0.6 is 0 Å². The maximum Gasteiger partial charge on any atom is 0.0190 e. The Morgan fingerprint density at radius 2 is 2.00 bits per heavy atom. The third-order valence-electron chi connectivity index (χ3n) is 3.06. The van der Waals surface area contributed by atoms with Crippen LogP contribution in [0, 0.1) is 5.92 Å². The fraction of sp³-hybridized carbons (Fsp3) is 0.429. The zero-order chi connectivity index (χ0) is 9.80. The molecule has 2 aliphatic carbocycles. The molecule has 0 bridgehead atoms. The van der Waals surface area contributed by atoms with Crippen LogP contribution in [-0.4, -0.2) is 0 Å². The summed E-state index contributed by atoms with van der Waals surface area (Å²) in [6.07, 6.45) is 18.7. The molecule has 0 spiro atoms. The van der Waals surface area contributed by atoms with Crippen LogP contribution in [0.2, 0.25) is 0 Å². The Kier molecular flexibility index (Phi) is 3.03. The van der Waals surface area contributed by atoms with Gasteiger partial charge in [-0.25, -0.2) is 0 Å². The number of hydrogen-bond donors (Lipinski definition) is 0. The van der Waals surface area contributed by atoms with Crippen LogP contribution in [0.5, 0.6) is 0 Å². The lowest BCUT2D eigenvalue weighted by atomic mass is 9.89. The summed E-state index contributed by atoms with van der Waals surface area (Å²) >= 11 is 0. The monoisotopic (exact) mass is 186 g/mol. The molecule has 74 valence electrons. The molecule has 0 saturated carbocycles. The third kappa shape index (κ3) is 2.06. The van der Waals surface area contributed by atoms with Gasteiger partial charge in [-0.15, -0.1) is 0 Å². The highest BCUT2D eigenvalue weighted by molar-refractivity contribution is 5.35. The molecular weight excluding hydrogens is 168 g/mol. The zero-order valence-electron chi connectivity index (χ0n) is 8.87. The molecule has 0 aliphatic heterocycles. The van der Waals surface area contributed by atoms with Crippen LogP contribution < -0.4 is 0 Å². The second kappa shape index (κ2) is 4.45. The molecule has 1 unspecified atom stereocenters. The molecule has 0 heterocycles. The SMILES string of the molecule is CC1=CC=CC1/C1=C/CC/C=C\CC1. The minimum Gasteiger partial charge on any atom is -0.0882 e. The molecule has 0 heteroatoms. The number of allylic oxidation sites excluding steroid dienone is 8. The molecule has 0 nitrogen and oxygen atoms in total. The summed E-state index contributed by atoms with van der Waals surface area (Å²) in [7, 11) is 0. The first-order chi connectivity index (χ1) is 6.88. The van der Waals surface area contributed by atoms with Crippen molar-refractivity contribution in [2.24, 2.45) is 5.92 Å². The molecule has 0 fully saturated rings. The summed E-state index contributed by atoms with van der Waals surface area (Å²) in [5, 5.41) is 0. The van der Waals surface area contributed by atoms with E-state index < -0.39 is 0 Å². The number of hydrogen-bond acceptors (Lipinski definition) is 0. The van der Waals surface area contributed by atoms with Crippen molar-refractivity contribution in [2.45, 2.75) is 32.6 Å². The minimum absolute atomic E-state index is 0.612. The summed E-state index contributed by atoms with van der Waals surface area (Å²) in [4.78, 5) is 0. The van der Waals surface area contributed by atoms with E-state index in [4.69, 9.17) is 0 Å². The predicted octanol–water partition coefficient (Wildman–Crippen LogP) is 4.18. The molecule has 0 aromatic rings. The first-order valence-corrected chi connectivity index (χ1v) is 5.57. The van der Waals surface area contributed by atoms with Crippen LogP contribution in [-0.2, 0) is 0 Å². The van der Waals surface area contributed by atoms with E-state index in [0.717, 1.165) is 0 Å². The molecule has 0 aromatic heterocycles. The van der Waals surface area contributed by atoms with E-state index >= 15 is 0 Å². The van der Waals surface area contributed by atoms with E-state index in [-0.39, 0.29) is 0 Å². The van der Waals surface area contributed by atoms with Gasteiger partial charge < -0.3 is 0 Å². The van der Waals surface area contributed by atoms with Gasteiger partial charge in [0.15, 0.2) is 0 Å². The average Bonchev–Trinajstić information content (AvgIpc) is 2.51. The Hall–Kier alpha value is -1.04. The lowest BCUT2D eigenvalue weighted by Gasteiger charge is -2.16. The fourth-order valence-corrected chi connectivity index (χ4v) is 2.23. The minimum atomic E-state index is 0.612. The van der Waals surface area contributed by atoms with Crippen LogP contribution in [0.15, 0.2) is 47.6 Å². The maximum absolute atomic E-state index is 2.45. The summed E-state index contributed by atoms with van der Waals surface area (Å²) in [5.74, 6) is 0.612. The Labute approximate surface area is 86.7 Å². The van der Waals surface area contributed by atoms with Gasteiger partial charge in [-0.05, 0) is 32.6 Å². The summed E-state index contributed by atoms with van der Waals surface area (Å²) in [6, 6.07) is 0. The van der Waals surface area contributed by atoms with Gasteiger partial charge in [0.1, 0.15) is 0 Å². The molecule has 1 atom stereocenters. The largest absolute Gasteiger partial charge is 0.0882 e. The summed E-state index contributed by atoms with van der Waals surface area (Å²) in [5.41, 5.74) is 3.12. The van der Waals surface area contributed by atoms with Gasteiger partial charge in [0.2, 0.25) is 0 Å². The van der Waals surface area contributed by atoms with E-state index in [2.05, 4.69) is 43.4 Å². The van der Waals surface area contributed by atoms with Crippen molar-refractivity contribution in [3.63, 3.8) is 0 Å². The van der Waals surface area contributed by atoms with Gasteiger partial charge in [-0.1, -0.05) is 47.6 Å². The van der Waals surface area contributed by atoms with Gasteiger partial charge >= 0.3 is 0 Å². The van der Waals surface area contributed by atoms with Gasteiger partial charge in [-0.3, -0.25) is 0 Å². The van der Waals surface area contributed by atoms with Crippen LogP contribution in [0.25, 0.3) is 0 Å². The molecule has 0 radical (unpaired) electrons. The molecular formula is C14H18. The van der Waals surface area contributed by atoms with Crippen LogP contribution in [0.4, 0.5) is 0 Å². The molecule has 14 heavy (non-hydrogen) atoms. The molecule has 0 aromatic carbocycles. The van der Waals surface area contributed by atoms with E-state index in [1.165, 1.54) is 31.3 Å². The van der Waals surface area contributed by atoms with Crippen molar-refractivity contribution in [1.82, 2.24) is 0 Å². The lowest BCUT2D eigenvalue weighted by Crippen LogP contribution is -2.01. The van der Waals surface area contributed by atoms with Crippen molar-refractivity contribution in [1.29, 1.82) is 0 Å². The summed E-state index contributed by atoms with van der Waals surface area (Å²) < 4.78 is 0. The van der Waals surface area contributed by atoms with Gasteiger partial charge in [0, 0.05) is 5.92 Å². The Morgan fingerprint density at radius 1 is 1.14 bits per heavy atom. The van der Waals surface area contributed by atoms with E-state index in [9.17, 15) is 0 Å². The van der Waals surface area contributed by atoms with Gasteiger partial charge in [0.05, 0.1) is 0 Å². The second-order valence-electron chi connectivity index (χ2n) is 4.14. The smallest absolute Gasteiger partial charge is 0.0190 e. The molecule has 2 aliphatic rings. The molecule has 0 saturated heterocycles. The van der Waals surface area contributed by atoms with Crippen molar-refractivity contribution >= 4 is 0 Å². The second-order valence-corrected chi connectivity index (χ2v) is 4.14. The van der Waals surface area contributed by atoms with Gasteiger partial charge in [-0.2, -0.15) is 0 Å². The van der Waals surface area contributed by atoms with Crippen molar-refractivity contribution in [3.8, 4) is 0 Å². The van der Waals surface area contributed by atoms with Gasteiger partial charge in [0.25, 0.3) is 0 Å². The standard InChI is InChI=1S/C14H18/c1-12-8-7-11-14(12)13-9-5-3-2-4-6-10-13/h2-3,7-8,10-11,14H,4-6,9H2,1H3/b3-2-,13-10+. The highest BCUT2D eigenvalue weighted by Gasteiger charge is 2.15. The van der Waals surface area contributed by atoms with Crippen LogP contribution in [0.1, 0.15) is 32.6 Å². The zero-order valence-corrected chi connectivity index (χ0v) is 8.87. The molecule has 0 amide bonds.